The highest BCUT2D eigenvalue weighted by Gasteiger charge is 2.25. The second-order valence-electron chi connectivity index (χ2n) is 6.02. The average Bonchev–Trinajstić information content (AvgIpc) is 2.72. The molecule has 3 aromatic carbocycles. The molecular formula is C21H20FNO4S. The lowest BCUT2D eigenvalue weighted by atomic mass is 10.2. The van der Waals surface area contributed by atoms with Crippen LogP contribution in [0.1, 0.15) is 5.56 Å². The molecule has 0 heterocycles. The van der Waals surface area contributed by atoms with Crippen molar-refractivity contribution in [1.82, 2.24) is 0 Å². The Hall–Kier alpha value is -3.06. The molecular weight excluding hydrogens is 381 g/mol. The maximum atomic E-state index is 13.7. The van der Waals surface area contributed by atoms with Crippen LogP contribution in [0.5, 0.6) is 11.5 Å². The number of methoxy groups -OCH3 is 2. The molecule has 7 heteroatoms. The van der Waals surface area contributed by atoms with Crippen molar-refractivity contribution < 1.29 is 22.3 Å². The zero-order valence-corrected chi connectivity index (χ0v) is 16.3. The molecule has 0 amide bonds. The molecule has 0 atom stereocenters. The summed E-state index contributed by atoms with van der Waals surface area (Å²) in [6.07, 6.45) is 0. The van der Waals surface area contributed by atoms with Crippen molar-refractivity contribution in [2.24, 2.45) is 0 Å². The standard InChI is InChI=1S/C21H20FNO4S/c1-26-19-10-6-16(7-11-19)15-23(18-8-12-20(27-2)13-9-18)28(24,25)21-5-3-4-17(22)14-21/h3-14H,15H2,1-2H3. The number of nitrogens with zero attached hydrogens (tertiary/aromatic N) is 1. The van der Waals surface area contributed by atoms with Gasteiger partial charge in [-0.25, -0.2) is 12.8 Å². The Morgan fingerprint density at radius 1 is 0.857 bits per heavy atom. The van der Waals surface area contributed by atoms with Gasteiger partial charge < -0.3 is 9.47 Å². The molecule has 28 heavy (non-hydrogen) atoms. The summed E-state index contributed by atoms with van der Waals surface area (Å²) >= 11 is 0. The molecule has 0 fully saturated rings. The first-order valence-corrected chi connectivity index (χ1v) is 9.93. The third-order valence-electron chi connectivity index (χ3n) is 4.23. The van der Waals surface area contributed by atoms with Gasteiger partial charge >= 0.3 is 0 Å². The number of rotatable bonds is 7. The van der Waals surface area contributed by atoms with Gasteiger partial charge in [-0.1, -0.05) is 18.2 Å². The van der Waals surface area contributed by atoms with Crippen molar-refractivity contribution in [3.63, 3.8) is 0 Å². The van der Waals surface area contributed by atoms with Crippen molar-refractivity contribution in [3.8, 4) is 11.5 Å². The van der Waals surface area contributed by atoms with Crippen molar-refractivity contribution in [2.45, 2.75) is 11.4 Å². The van der Waals surface area contributed by atoms with E-state index in [-0.39, 0.29) is 11.4 Å². The van der Waals surface area contributed by atoms with E-state index >= 15 is 0 Å². The molecule has 5 nitrogen and oxygen atoms in total. The fourth-order valence-electron chi connectivity index (χ4n) is 2.71. The average molecular weight is 401 g/mol. The molecule has 0 aliphatic carbocycles. The SMILES string of the molecule is COc1ccc(CN(c2ccc(OC)cc2)S(=O)(=O)c2cccc(F)c2)cc1. The van der Waals surface area contributed by atoms with E-state index in [4.69, 9.17) is 9.47 Å². The molecule has 0 spiro atoms. The number of hydrogen-bond donors (Lipinski definition) is 0. The maximum Gasteiger partial charge on any atom is 0.264 e. The van der Waals surface area contributed by atoms with Crippen LogP contribution in [0.4, 0.5) is 10.1 Å². The number of anilines is 1. The Kier molecular flexibility index (Phi) is 5.84. The van der Waals surface area contributed by atoms with Gasteiger partial charge in [-0.3, -0.25) is 4.31 Å². The lowest BCUT2D eigenvalue weighted by Crippen LogP contribution is -2.30. The topological polar surface area (TPSA) is 55.8 Å². The van der Waals surface area contributed by atoms with Crippen LogP contribution in [0.2, 0.25) is 0 Å². The number of ether oxygens (including phenoxy) is 2. The fraction of sp³-hybridized carbons (Fsp3) is 0.143. The number of halogens is 1. The molecule has 0 aromatic heterocycles. The summed E-state index contributed by atoms with van der Waals surface area (Å²) in [5.74, 6) is 0.671. The van der Waals surface area contributed by atoms with Crippen molar-refractivity contribution in [3.05, 3.63) is 84.2 Å². The fourth-order valence-corrected chi connectivity index (χ4v) is 4.20. The summed E-state index contributed by atoms with van der Waals surface area (Å²) in [7, 11) is -0.891. The molecule has 0 N–H and O–H groups in total. The highest BCUT2D eigenvalue weighted by Crippen LogP contribution is 2.28. The quantitative estimate of drug-likeness (QED) is 0.594. The molecule has 0 unspecified atom stereocenters. The summed E-state index contributed by atoms with van der Waals surface area (Å²) in [5.41, 5.74) is 1.21. The van der Waals surface area contributed by atoms with Gasteiger partial charge in [0.1, 0.15) is 17.3 Å². The minimum absolute atomic E-state index is 0.0785. The number of hydrogen-bond acceptors (Lipinski definition) is 4. The van der Waals surface area contributed by atoms with Crippen LogP contribution in [0.15, 0.2) is 77.7 Å². The first-order valence-electron chi connectivity index (χ1n) is 8.49. The summed E-state index contributed by atoms with van der Waals surface area (Å²) in [6, 6.07) is 18.7. The zero-order chi connectivity index (χ0) is 20.1. The maximum absolute atomic E-state index is 13.7. The van der Waals surface area contributed by atoms with E-state index in [0.29, 0.717) is 17.2 Å². The summed E-state index contributed by atoms with van der Waals surface area (Å²) < 4.78 is 51.7. The van der Waals surface area contributed by atoms with Gasteiger partial charge in [-0.05, 0) is 60.2 Å². The van der Waals surface area contributed by atoms with E-state index in [9.17, 15) is 12.8 Å². The van der Waals surface area contributed by atoms with E-state index in [0.717, 1.165) is 11.6 Å². The molecule has 146 valence electrons. The number of benzene rings is 3. The number of sulfonamides is 1. The summed E-state index contributed by atoms with van der Waals surface area (Å²) in [4.78, 5) is -0.114. The predicted molar refractivity (Wildman–Crippen MR) is 106 cm³/mol. The van der Waals surface area contributed by atoms with E-state index in [2.05, 4.69) is 0 Å². The van der Waals surface area contributed by atoms with Crippen molar-refractivity contribution in [2.75, 3.05) is 18.5 Å². The molecule has 3 rings (SSSR count). The lowest BCUT2D eigenvalue weighted by Gasteiger charge is -2.25. The zero-order valence-electron chi connectivity index (χ0n) is 15.5. The highest BCUT2D eigenvalue weighted by molar-refractivity contribution is 7.92. The second kappa shape index (κ2) is 8.31. The summed E-state index contributed by atoms with van der Waals surface area (Å²) in [6.45, 7) is 0.0785. The minimum atomic E-state index is -3.99. The van der Waals surface area contributed by atoms with E-state index in [1.165, 1.54) is 29.6 Å². The normalized spacial score (nSPS) is 11.1. The highest BCUT2D eigenvalue weighted by atomic mass is 32.2. The third kappa shape index (κ3) is 4.26. The Morgan fingerprint density at radius 2 is 1.43 bits per heavy atom. The van der Waals surface area contributed by atoms with Crippen LogP contribution in [-0.4, -0.2) is 22.6 Å². The van der Waals surface area contributed by atoms with Gasteiger partial charge in [0.2, 0.25) is 0 Å². The Balaban J connectivity index is 2.04. The summed E-state index contributed by atoms with van der Waals surface area (Å²) in [5, 5.41) is 0. The molecule has 0 aliphatic rings. The van der Waals surface area contributed by atoms with Crippen LogP contribution in [0, 0.1) is 5.82 Å². The van der Waals surface area contributed by atoms with Crippen LogP contribution >= 0.6 is 0 Å². The molecule has 3 aromatic rings. The first kappa shape index (κ1) is 19.7. The molecule has 0 bridgehead atoms. The monoisotopic (exact) mass is 401 g/mol. The first-order chi connectivity index (χ1) is 13.4. The lowest BCUT2D eigenvalue weighted by molar-refractivity contribution is 0.414. The van der Waals surface area contributed by atoms with E-state index in [1.54, 1.807) is 55.6 Å². The largest absolute Gasteiger partial charge is 0.497 e. The van der Waals surface area contributed by atoms with Crippen molar-refractivity contribution >= 4 is 15.7 Å². The predicted octanol–water partition coefficient (Wildman–Crippen LogP) is 4.24. The van der Waals surface area contributed by atoms with Gasteiger partial charge in [0, 0.05) is 0 Å². The Morgan fingerprint density at radius 3 is 1.96 bits per heavy atom. The van der Waals surface area contributed by atoms with Gasteiger partial charge in [0.25, 0.3) is 10.0 Å². The molecule has 0 aliphatic heterocycles. The van der Waals surface area contributed by atoms with Gasteiger partial charge in [0.05, 0.1) is 31.3 Å². The van der Waals surface area contributed by atoms with Crippen LogP contribution in [-0.2, 0) is 16.6 Å². The Labute approximate surface area is 164 Å². The van der Waals surface area contributed by atoms with Crippen LogP contribution in [0.25, 0.3) is 0 Å². The van der Waals surface area contributed by atoms with Crippen LogP contribution in [0.3, 0.4) is 0 Å². The smallest absolute Gasteiger partial charge is 0.264 e. The van der Waals surface area contributed by atoms with Gasteiger partial charge in [-0.15, -0.1) is 0 Å². The van der Waals surface area contributed by atoms with E-state index in [1.807, 2.05) is 0 Å². The second-order valence-corrected chi connectivity index (χ2v) is 7.88. The minimum Gasteiger partial charge on any atom is -0.497 e. The van der Waals surface area contributed by atoms with Crippen LogP contribution < -0.4 is 13.8 Å². The third-order valence-corrected chi connectivity index (χ3v) is 6.00. The van der Waals surface area contributed by atoms with Gasteiger partial charge in [0.15, 0.2) is 0 Å². The van der Waals surface area contributed by atoms with Crippen molar-refractivity contribution in [1.29, 1.82) is 0 Å². The van der Waals surface area contributed by atoms with Gasteiger partial charge in [-0.2, -0.15) is 0 Å². The molecule has 0 saturated heterocycles. The molecule has 0 radical (unpaired) electrons. The molecule has 0 saturated carbocycles. The van der Waals surface area contributed by atoms with E-state index < -0.39 is 15.8 Å². The Bertz CT molecular complexity index is 1030.